The molecule has 0 aliphatic rings. The van der Waals surface area contributed by atoms with Gasteiger partial charge in [-0.1, -0.05) is 42.5 Å². The number of fused-ring (bicyclic) bond motifs is 1. The number of nitrogens with one attached hydrogen (secondary N) is 1. The minimum absolute atomic E-state index is 0.307. The molecular weight excluding hydrogens is 314 g/mol. The fourth-order valence-corrected chi connectivity index (χ4v) is 3.80. The molecule has 1 unspecified atom stereocenters. The van der Waals surface area contributed by atoms with Gasteiger partial charge in [-0.05, 0) is 51.2 Å². The van der Waals surface area contributed by atoms with Crippen LogP contribution in [-0.2, 0) is 6.54 Å². The Morgan fingerprint density at radius 2 is 1.83 bits per heavy atom. The standard InChI is InChI=1S/C20H25N3S/c1-16(20-22-18-11-6-7-12-19(18)24-20)21-13-8-14-23(2)15-17-9-4-3-5-10-17/h3-7,9-12,16,21H,8,13-15H2,1-2H3. The first-order valence-corrected chi connectivity index (χ1v) is 9.35. The van der Waals surface area contributed by atoms with Crippen LogP contribution in [-0.4, -0.2) is 30.0 Å². The summed E-state index contributed by atoms with van der Waals surface area (Å²) in [6.45, 7) is 5.31. The first-order valence-electron chi connectivity index (χ1n) is 8.53. The third-order valence-electron chi connectivity index (χ3n) is 4.14. The predicted molar refractivity (Wildman–Crippen MR) is 103 cm³/mol. The molecule has 0 radical (unpaired) electrons. The first kappa shape index (κ1) is 17.1. The van der Waals surface area contributed by atoms with E-state index in [4.69, 9.17) is 4.98 Å². The van der Waals surface area contributed by atoms with Crippen molar-refractivity contribution in [1.82, 2.24) is 15.2 Å². The molecule has 0 saturated heterocycles. The van der Waals surface area contributed by atoms with E-state index in [0.29, 0.717) is 6.04 Å². The molecule has 0 bridgehead atoms. The van der Waals surface area contributed by atoms with Gasteiger partial charge in [0.1, 0.15) is 5.01 Å². The third-order valence-corrected chi connectivity index (χ3v) is 5.36. The van der Waals surface area contributed by atoms with Crippen LogP contribution in [0.4, 0.5) is 0 Å². The molecule has 24 heavy (non-hydrogen) atoms. The molecule has 3 nitrogen and oxygen atoms in total. The van der Waals surface area contributed by atoms with Gasteiger partial charge < -0.3 is 10.2 Å². The number of nitrogens with zero attached hydrogens (tertiary/aromatic N) is 2. The van der Waals surface area contributed by atoms with E-state index in [-0.39, 0.29) is 0 Å². The summed E-state index contributed by atoms with van der Waals surface area (Å²) in [5, 5.41) is 4.78. The average molecular weight is 340 g/mol. The summed E-state index contributed by atoms with van der Waals surface area (Å²) in [7, 11) is 2.18. The summed E-state index contributed by atoms with van der Waals surface area (Å²) in [6.07, 6.45) is 1.14. The number of aromatic nitrogens is 1. The lowest BCUT2D eigenvalue weighted by atomic mass is 10.2. The highest BCUT2D eigenvalue weighted by Gasteiger charge is 2.10. The summed E-state index contributed by atoms with van der Waals surface area (Å²) >= 11 is 1.79. The van der Waals surface area contributed by atoms with Crippen LogP contribution < -0.4 is 5.32 Å². The molecule has 3 rings (SSSR count). The van der Waals surface area contributed by atoms with Crippen molar-refractivity contribution in [2.75, 3.05) is 20.1 Å². The maximum absolute atomic E-state index is 4.73. The molecule has 0 amide bonds. The Hall–Kier alpha value is -1.75. The molecule has 1 heterocycles. The van der Waals surface area contributed by atoms with E-state index < -0.39 is 0 Å². The Kier molecular flexibility index (Phi) is 5.96. The number of hydrogen-bond donors (Lipinski definition) is 1. The van der Waals surface area contributed by atoms with Crippen LogP contribution >= 0.6 is 11.3 Å². The van der Waals surface area contributed by atoms with Crippen molar-refractivity contribution in [3.63, 3.8) is 0 Å². The summed E-state index contributed by atoms with van der Waals surface area (Å²) in [6, 6.07) is 19.3. The molecule has 1 atom stereocenters. The van der Waals surface area contributed by atoms with Crippen LogP contribution in [0.15, 0.2) is 54.6 Å². The van der Waals surface area contributed by atoms with Gasteiger partial charge in [-0.15, -0.1) is 11.3 Å². The van der Waals surface area contributed by atoms with Gasteiger partial charge in [0.2, 0.25) is 0 Å². The molecule has 3 aromatic rings. The van der Waals surface area contributed by atoms with Gasteiger partial charge in [0.05, 0.1) is 16.3 Å². The molecule has 0 spiro atoms. The zero-order valence-electron chi connectivity index (χ0n) is 14.4. The largest absolute Gasteiger partial charge is 0.308 e. The van der Waals surface area contributed by atoms with Crippen molar-refractivity contribution in [3.05, 3.63) is 65.2 Å². The van der Waals surface area contributed by atoms with Gasteiger partial charge in [0, 0.05) is 6.54 Å². The van der Waals surface area contributed by atoms with Gasteiger partial charge in [0.15, 0.2) is 0 Å². The second kappa shape index (κ2) is 8.38. The maximum atomic E-state index is 4.73. The van der Waals surface area contributed by atoms with Gasteiger partial charge in [-0.3, -0.25) is 0 Å². The zero-order valence-corrected chi connectivity index (χ0v) is 15.2. The van der Waals surface area contributed by atoms with Crippen molar-refractivity contribution in [2.45, 2.75) is 25.9 Å². The van der Waals surface area contributed by atoms with Crippen LogP contribution in [0.1, 0.15) is 30.0 Å². The monoisotopic (exact) mass is 339 g/mol. The molecule has 4 heteroatoms. The summed E-state index contributed by atoms with van der Waals surface area (Å²) < 4.78 is 1.27. The Labute approximate surface area is 148 Å². The maximum Gasteiger partial charge on any atom is 0.111 e. The molecule has 126 valence electrons. The lowest BCUT2D eigenvalue weighted by Crippen LogP contribution is -2.25. The lowest BCUT2D eigenvalue weighted by Gasteiger charge is -2.17. The van der Waals surface area contributed by atoms with E-state index in [1.165, 1.54) is 15.3 Å². The summed E-state index contributed by atoms with van der Waals surface area (Å²) in [5.74, 6) is 0. The topological polar surface area (TPSA) is 28.2 Å². The highest BCUT2D eigenvalue weighted by atomic mass is 32.1. The Balaban J connectivity index is 1.41. The second-order valence-electron chi connectivity index (χ2n) is 6.27. The molecule has 0 fully saturated rings. The zero-order chi connectivity index (χ0) is 16.8. The summed E-state index contributed by atoms with van der Waals surface area (Å²) in [4.78, 5) is 7.10. The average Bonchev–Trinajstić information content (AvgIpc) is 3.04. The number of para-hydroxylation sites is 1. The number of thiazole rings is 1. The molecule has 0 saturated carbocycles. The highest BCUT2D eigenvalue weighted by molar-refractivity contribution is 7.18. The fraction of sp³-hybridized carbons (Fsp3) is 0.350. The van der Waals surface area contributed by atoms with E-state index in [0.717, 1.165) is 31.6 Å². The van der Waals surface area contributed by atoms with Crippen molar-refractivity contribution in [1.29, 1.82) is 0 Å². The van der Waals surface area contributed by atoms with Crippen LogP contribution in [0, 0.1) is 0 Å². The van der Waals surface area contributed by atoms with Crippen LogP contribution in [0.2, 0.25) is 0 Å². The normalized spacial score (nSPS) is 12.8. The van der Waals surface area contributed by atoms with Crippen LogP contribution in [0.3, 0.4) is 0 Å². The van der Waals surface area contributed by atoms with Gasteiger partial charge in [0.25, 0.3) is 0 Å². The van der Waals surface area contributed by atoms with E-state index in [1.807, 2.05) is 6.07 Å². The Morgan fingerprint density at radius 1 is 1.08 bits per heavy atom. The quantitative estimate of drug-likeness (QED) is 0.614. The van der Waals surface area contributed by atoms with E-state index in [9.17, 15) is 0 Å². The smallest absolute Gasteiger partial charge is 0.111 e. The first-order chi connectivity index (χ1) is 11.7. The Bertz CT molecular complexity index is 721. The number of benzene rings is 2. The van der Waals surface area contributed by atoms with Crippen LogP contribution in [0.25, 0.3) is 10.2 Å². The summed E-state index contributed by atoms with van der Waals surface area (Å²) in [5.41, 5.74) is 2.48. The molecule has 0 aliphatic carbocycles. The van der Waals surface area contributed by atoms with Crippen LogP contribution in [0.5, 0.6) is 0 Å². The van der Waals surface area contributed by atoms with E-state index >= 15 is 0 Å². The minimum atomic E-state index is 0.307. The van der Waals surface area contributed by atoms with Gasteiger partial charge in [-0.2, -0.15) is 0 Å². The molecule has 1 aromatic heterocycles. The van der Waals surface area contributed by atoms with Gasteiger partial charge in [-0.25, -0.2) is 4.98 Å². The fourth-order valence-electron chi connectivity index (χ4n) is 2.80. The third kappa shape index (κ3) is 4.63. The van der Waals surface area contributed by atoms with Crippen molar-refractivity contribution < 1.29 is 0 Å². The van der Waals surface area contributed by atoms with Gasteiger partial charge >= 0.3 is 0 Å². The molecule has 1 N–H and O–H groups in total. The van der Waals surface area contributed by atoms with E-state index in [2.05, 4.69) is 72.7 Å². The second-order valence-corrected chi connectivity index (χ2v) is 7.33. The number of hydrogen-bond acceptors (Lipinski definition) is 4. The molecule has 2 aromatic carbocycles. The predicted octanol–water partition coefficient (Wildman–Crippen LogP) is 4.47. The van der Waals surface area contributed by atoms with Crippen molar-refractivity contribution >= 4 is 21.6 Å². The van der Waals surface area contributed by atoms with Crippen molar-refractivity contribution in [3.8, 4) is 0 Å². The Morgan fingerprint density at radius 3 is 2.62 bits per heavy atom. The molecular formula is C20H25N3S. The SMILES string of the molecule is CC(NCCCN(C)Cc1ccccc1)c1nc2ccccc2s1. The molecule has 0 aliphatic heterocycles. The highest BCUT2D eigenvalue weighted by Crippen LogP contribution is 2.25. The lowest BCUT2D eigenvalue weighted by molar-refractivity contribution is 0.317. The van der Waals surface area contributed by atoms with Crippen molar-refractivity contribution in [2.24, 2.45) is 0 Å². The van der Waals surface area contributed by atoms with E-state index in [1.54, 1.807) is 11.3 Å². The minimum Gasteiger partial charge on any atom is -0.308 e. The number of rotatable bonds is 8.